The predicted octanol–water partition coefficient (Wildman–Crippen LogP) is 1.39. The van der Waals surface area contributed by atoms with Crippen LogP contribution in [-0.4, -0.2) is 44.4 Å². The number of hydrogen-bond donors (Lipinski definition) is 0. The number of nitrogens with zero attached hydrogens (tertiary/aromatic N) is 2. The highest BCUT2D eigenvalue weighted by atomic mass is 19.1. The first-order chi connectivity index (χ1) is 7.70. The summed E-state index contributed by atoms with van der Waals surface area (Å²) in [5, 5.41) is 0. The summed E-state index contributed by atoms with van der Waals surface area (Å²) >= 11 is 0. The lowest BCUT2D eigenvalue weighted by Gasteiger charge is -2.34. The van der Waals surface area contributed by atoms with E-state index in [1.54, 1.807) is 12.1 Å². The van der Waals surface area contributed by atoms with Gasteiger partial charge in [-0.2, -0.15) is 0 Å². The molecule has 1 aromatic rings. The largest absolute Gasteiger partial charge is 0.367 e. The number of anilines is 1. The lowest BCUT2D eigenvalue weighted by atomic mass is 10.2. The molecule has 0 aromatic heterocycles. The van der Waals surface area contributed by atoms with Crippen LogP contribution in [-0.2, 0) is 0 Å². The van der Waals surface area contributed by atoms with Gasteiger partial charge in [0.05, 0.1) is 5.69 Å². The zero-order chi connectivity index (χ0) is 11.5. The monoisotopic (exact) mass is 222 g/mol. The van der Waals surface area contributed by atoms with Crippen molar-refractivity contribution in [1.29, 1.82) is 0 Å². The summed E-state index contributed by atoms with van der Waals surface area (Å²) < 4.78 is 13.7. The van der Waals surface area contributed by atoms with Crippen molar-refractivity contribution in [3.63, 3.8) is 0 Å². The standard InChI is InChI=1S/C12H15FN2O/c1-14-4-6-15(7-5-14)12-3-2-10(9-16)8-11(12)13/h2-3,8-9H,4-7H2,1H3. The van der Waals surface area contributed by atoms with Crippen LogP contribution in [0.15, 0.2) is 18.2 Å². The molecular formula is C12H15FN2O. The summed E-state index contributed by atoms with van der Waals surface area (Å²) in [6.45, 7) is 3.53. The average molecular weight is 222 g/mol. The second kappa shape index (κ2) is 4.61. The highest BCUT2D eigenvalue weighted by molar-refractivity contribution is 5.76. The predicted molar refractivity (Wildman–Crippen MR) is 61.5 cm³/mol. The van der Waals surface area contributed by atoms with Crippen molar-refractivity contribution in [3.8, 4) is 0 Å². The molecule has 4 heteroatoms. The minimum absolute atomic E-state index is 0.311. The summed E-state index contributed by atoms with van der Waals surface area (Å²) in [5.74, 6) is -0.311. The third-order valence-corrected chi connectivity index (χ3v) is 2.95. The number of benzene rings is 1. The van der Waals surface area contributed by atoms with E-state index in [1.165, 1.54) is 6.07 Å². The minimum atomic E-state index is -0.311. The van der Waals surface area contributed by atoms with Crippen molar-refractivity contribution >= 4 is 12.0 Å². The molecule has 0 aliphatic carbocycles. The van der Waals surface area contributed by atoms with Gasteiger partial charge in [-0.25, -0.2) is 4.39 Å². The first-order valence-electron chi connectivity index (χ1n) is 5.39. The fourth-order valence-electron chi connectivity index (χ4n) is 1.90. The number of piperazine rings is 1. The molecule has 1 heterocycles. The van der Waals surface area contributed by atoms with E-state index in [-0.39, 0.29) is 5.82 Å². The summed E-state index contributed by atoms with van der Waals surface area (Å²) in [5.41, 5.74) is 0.981. The van der Waals surface area contributed by atoms with E-state index in [0.29, 0.717) is 17.5 Å². The Morgan fingerprint density at radius 3 is 2.50 bits per heavy atom. The maximum absolute atomic E-state index is 13.7. The lowest BCUT2D eigenvalue weighted by molar-refractivity contribution is 0.112. The van der Waals surface area contributed by atoms with Crippen molar-refractivity contribution < 1.29 is 9.18 Å². The summed E-state index contributed by atoms with van der Waals surface area (Å²) in [6, 6.07) is 4.63. The Bertz CT molecular complexity index is 387. The first-order valence-corrected chi connectivity index (χ1v) is 5.39. The highest BCUT2D eigenvalue weighted by Gasteiger charge is 2.17. The molecule has 0 spiro atoms. The molecule has 0 amide bonds. The summed E-state index contributed by atoms with van der Waals surface area (Å²) in [7, 11) is 2.06. The van der Waals surface area contributed by atoms with E-state index < -0.39 is 0 Å². The molecule has 0 bridgehead atoms. The van der Waals surface area contributed by atoms with Gasteiger partial charge < -0.3 is 9.80 Å². The van der Waals surface area contributed by atoms with Crippen molar-refractivity contribution in [1.82, 2.24) is 4.90 Å². The number of carbonyl (C=O) groups excluding carboxylic acids is 1. The van der Waals surface area contributed by atoms with E-state index in [4.69, 9.17) is 0 Å². The molecule has 2 rings (SSSR count). The van der Waals surface area contributed by atoms with Crippen molar-refractivity contribution in [2.75, 3.05) is 38.1 Å². The van der Waals surface area contributed by atoms with Crippen LogP contribution < -0.4 is 4.90 Å². The van der Waals surface area contributed by atoms with Gasteiger partial charge in [-0.1, -0.05) is 0 Å². The van der Waals surface area contributed by atoms with E-state index in [1.807, 2.05) is 4.90 Å². The van der Waals surface area contributed by atoms with Crippen LogP contribution in [0.3, 0.4) is 0 Å². The van der Waals surface area contributed by atoms with Gasteiger partial charge in [0, 0.05) is 31.7 Å². The van der Waals surface area contributed by atoms with Crippen LogP contribution in [0.5, 0.6) is 0 Å². The number of rotatable bonds is 2. The molecule has 0 atom stereocenters. The fourth-order valence-corrected chi connectivity index (χ4v) is 1.90. The van der Waals surface area contributed by atoms with Crippen molar-refractivity contribution in [2.24, 2.45) is 0 Å². The van der Waals surface area contributed by atoms with Gasteiger partial charge in [-0.05, 0) is 25.2 Å². The molecule has 1 saturated heterocycles. The number of likely N-dealkylation sites (N-methyl/N-ethyl adjacent to an activating group) is 1. The van der Waals surface area contributed by atoms with E-state index in [0.717, 1.165) is 26.2 Å². The van der Waals surface area contributed by atoms with E-state index in [2.05, 4.69) is 11.9 Å². The molecule has 1 aromatic carbocycles. The number of hydrogen-bond acceptors (Lipinski definition) is 3. The van der Waals surface area contributed by atoms with Crippen molar-refractivity contribution in [3.05, 3.63) is 29.6 Å². The van der Waals surface area contributed by atoms with Crippen LogP contribution in [0.1, 0.15) is 10.4 Å². The highest BCUT2D eigenvalue weighted by Crippen LogP contribution is 2.21. The molecule has 86 valence electrons. The topological polar surface area (TPSA) is 23.6 Å². The van der Waals surface area contributed by atoms with Crippen LogP contribution >= 0.6 is 0 Å². The molecule has 0 radical (unpaired) electrons. The normalized spacial score (nSPS) is 17.5. The second-order valence-corrected chi connectivity index (χ2v) is 4.12. The fraction of sp³-hybridized carbons (Fsp3) is 0.417. The molecule has 1 aliphatic heterocycles. The van der Waals surface area contributed by atoms with E-state index in [9.17, 15) is 9.18 Å². The molecule has 0 N–H and O–H groups in total. The Kier molecular flexibility index (Phi) is 3.19. The minimum Gasteiger partial charge on any atom is -0.367 e. The second-order valence-electron chi connectivity index (χ2n) is 4.12. The zero-order valence-electron chi connectivity index (χ0n) is 9.32. The Morgan fingerprint density at radius 2 is 1.94 bits per heavy atom. The molecule has 1 aliphatic rings. The van der Waals surface area contributed by atoms with Gasteiger partial charge in [-0.15, -0.1) is 0 Å². The Labute approximate surface area is 94.5 Å². The average Bonchev–Trinajstić information content (AvgIpc) is 2.30. The van der Waals surface area contributed by atoms with Crippen LogP contribution in [0.2, 0.25) is 0 Å². The molecule has 16 heavy (non-hydrogen) atoms. The van der Waals surface area contributed by atoms with Crippen LogP contribution in [0, 0.1) is 5.82 Å². The number of carbonyl (C=O) groups is 1. The Hall–Kier alpha value is -1.42. The SMILES string of the molecule is CN1CCN(c2ccc(C=O)cc2F)CC1. The van der Waals surface area contributed by atoms with Gasteiger partial charge in [0.2, 0.25) is 0 Å². The lowest BCUT2D eigenvalue weighted by Crippen LogP contribution is -2.44. The number of aldehydes is 1. The molecule has 0 saturated carbocycles. The van der Waals surface area contributed by atoms with Crippen LogP contribution in [0.25, 0.3) is 0 Å². The van der Waals surface area contributed by atoms with Gasteiger partial charge in [0.25, 0.3) is 0 Å². The van der Waals surface area contributed by atoms with E-state index >= 15 is 0 Å². The van der Waals surface area contributed by atoms with Crippen LogP contribution in [0.4, 0.5) is 10.1 Å². The van der Waals surface area contributed by atoms with Gasteiger partial charge in [0.1, 0.15) is 12.1 Å². The first kappa shape index (κ1) is 11.1. The molecule has 1 fully saturated rings. The van der Waals surface area contributed by atoms with Crippen molar-refractivity contribution in [2.45, 2.75) is 0 Å². The zero-order valence-corrected chi connectivity index (χ0v) is 9.32. The van der Waals surface area contributed by atoms with Gasteiger partial charge in [-0.3, -0.25) is 4.79 Å². The maximum atomic E-state index is 13.7. The molecule has 0 unspecified atom stereocenters. The molecule has 3 nitrogen and oxygen atoms in total. The summed E-state index contributed by atoms with van der Waals surface area (Å²) in [4.78, 5) is 14.7. The third-order valence-electron chi connectivity index (χ3n) is 2.95. The Balaban J connectivity index is 2.17. The maximum Gasteiger partial charge on any atom is 0.150 e. The number of halogens is 1. The molecular weight excluding hydrogens is 207 g/mol. The smallest absolute Gasteiger partial charge is 0.150 e. The third kappa shape index (κ3) is 2.22. The quantitative estimate of drug-likeness (QED) is 0.706. The summed E-state index contributed by atoms with van der Waals surface area (Å²) in [6.07, 6.45) is 0.664. The Morgan fingerprint density at radius 1 is 1.25 bits per heavy atom. The van der Waals surface area contributed by atoms with Gasteiger partial charge >= 0.3 is 0 Å². The van der Waals surface area contributed by atoms with Gasteiger partial charge in [0.15, 0.2) is 0 Å².